The van der Waals surface area contributed by atoms with E-state index in [9.17, 15) is 0 Å². The maximum absolute atomic E-state index is 5.30. The second kappa shape index (κ2) is 6.04. The molecule has 1 heterocycles. The number of aromatic nitrogens is 2. The van der Waals surface area contributed by atoms with Gasteiger partial charge in [0.25, 0.3) is 0 Å². The molecule has 0 spiro atoms. The van der Waals surface area contributed by atoms with E-state index < -0.39 is 0 Å². The van der Waals surface area contributed by atoms with Crippen molar-refractivity contribution in [3.8, 4) is 11.5 Å². The fraction of sp³-hybridized carbons (Fsp3) is 0.286. The molecule has 5 nitrogen and oxygen atoms in total. The number of nitrogens with one attached hydrogen (secondary N) is 1. The normalized spacial score (nSPS) is 11.7. The first-order chi connectivity index (χ1) is 9.24. The van der Waals surface area contributed by atoms with Gasteiger partial charge in [-0.25, -0.2) is 9.97 Å². The summed E-state index contributed by atoms with van der Waals surface area (Å²) in [4.78, 5) is 8.03. The average molecular weight is 259 g/mol. The summed E-state index contributed by atoms with van der Waals surface area (Å²) in [7, 11) is 3.25. The van der Waals surface area contributed by atoms with Crippen LogP contribution in [0.15, 0.2) is 36.8 Å². The highest BCUT2D eigenvalue weighted by atomic mass is 16.5. The van der Waals surface area contributed by atoms with E-state index in [1.165, 1.54) is 6.33 Å². The summed E-state index contributed by atoms with van der Waals surface area (Å²) in [6, 6.07) is 7.79. The Labute approximate surface area is 112 Å². The van der Waals surface area contributed by atoms with E-state index in [0.717, 1.165) is 22.9 Å². The van der Waals surface area contributed by atoms with Crippen molar-refractivity contribution < 1.29 is 9.47 Å². The van der Waals surface area contributed by atoms with Gasteiger partial charge in [0.15, 0.2) is 11.5 Å². The molecule has 1 atom stereocenters. The van der Waals surface area contributed by atoms with Crippen LogP contribution in [-0.4, -0.2) is 24.2 Å². The Kier molecular flexibility index (Phi) is 4.18. The van der Waals surface area contributed by atoms with E-state index in [-0.39, 0.29) is 6.04 Å². The Morgan fingerprint density at radius 2 is 1.89 bits per heavy atom. The van der Waals surface area contributed by atoms with Crippen LogP contribution in [0.3, 0.4) is 0 Å². The minimum atomic E-state index is 0.106. The molecule has 19 heavy (non-hydrogen) atoms. The second-order valence-corrected chi connectivity index (χ2v) is 4.08. The molecule has 0 aliphatic carbocycles. The number of rotatable bonds is 5. The molecular weight excluding hydrogens is 242 g/mol. The van der Waals surface area contributed by atoms with E-state index >= 15 is 0 Å². The molecule has 2 aromatic rings. The number of nitrogens with zero attached hydrogens (tertiary/aromatic N) is 2. The molecule has 1 unspecified atom stereocenters. The van der Waals surface area contributed by atoms with Crippen LogP contribution in [0.2, 0.25) is 0 Å². The summed E-state index contributed by atoms with van der Waals surface area (Å²) < 4.78 is 10.5. The Morgan fingerprint density at radius 1 is 1.11 bits per heavy atom. The van der Waals surface area contributed by atoms with Crippen LogP contribution in [-0.2, 0) is 0 Å². The zero-order chi connectivity index (χ0) is 13.7. The minimum Gasteiger partial charge on any atom is -0.493 e. The minimum absolute atomic E-state index is 0.106. The van der Waals surface area contributed by atoms with Crippen molar-refractivity contribution >= 4 is 5.82 Å². The molecule has 0 saturated carbocycles. The predicted molar refractivity (Wildman–Crippen MR) is 73.6 cm³/mol. The zero-order valence-electron chi connectivity index (χ0n) is 11.3. The molecule has 0 fully saturated rings. The maximum atomic E-state index is 5.30. The first-order valence-electron chi connectivity index (χ1n) is 5.99. The van der Waals surface area contributed by atoms with Crippen molar-refractivity contribution in [3.63, 3.8) is 0 Å². The van der Waals surface area contributed by atoms with Gasteiger partial charge < -0.3 is 14.8 Å². The van der Waals surface area contributed by atoms with Gasteiger partial charge in [0.05, 0.1) is 20.3 Å². The smallest absolute Gasteiger partial charge is 0.161 e. The van der Waals surface area contributed by atoms with Crippen LogP contribution >= 0.6 is 0 Å². The van der Waals surface area contributed by atoms with E-state index in [2.05, 4.69) is 22.2 Å². The van der Waals surface area contributed by atoms with Gasteiger partial charge in [0.2, 0.25) is 0 Å². The summed E-state index contributed by atoms with van der Waals surface area (Å²) in [6.45, 7) is 2.06. The first kappa shape index (κ1) is 13.1. The quantitative estimate of drug-likeness (QED) is 0.894. The van der Waals surface area contributed by atoms with Gasteiger partial charge in [0, 0.05) is 6.20 Å². The van der Waals surface area contributed by atoms with Crippen LogP contribution in [0.5, 0.6) is 11.5 Å². The molecule has 0 bridgehead atoms. The number of hydrogen-bond donors (Lipinski definition) is 1. The Balaban J connectivity index is 2.17. The van der Waals surface area contributed by atoms with Gasteiger partial charge in [-0.15, -0.1) is 0 Å². The fourth-order valence-electron chi connectivity index (χ4n) is 1.80. The van der Waals surface area contributed by atoms with Gasteiger partial charge >= 0.3 is 0 Å². The number of benzene rings is 1. The van der Waals surface area contributed by atoms with Gasteiger partial charge in [-0.2, -0.15) is 0 Å². The van der Waals surface area contributed by atoms with Crippen molar-refractivity contribution in [2.24, 2.45) is 0 Å². The summed E-state index contributed by atoms with van der Waals surface area (Å²) in [5.74, 6) is 2.23. The highest BCUT2D eigenvalue weighted by Crippen LogP contribution is 2.30. The van der Waals surface area contributed by atoms with E-state index in [0.29, 0.717) is 0 Å². The molecule has 0 saturated heterocycles. The van der Waals surface area contributed by atoms with Gasteiger partial charge in [-0.05, 0) is 30.7 Å². The molecule has 1 aromatic heterocycles. The lowest BCUT2D eigenvalue weighted by Gasteiger charge is -2.16. The first-order valence-corrected chi connectivity index (χ1v) is 5.99. The zero-order valence-corrected chi connectivity index (χ0v) is 11.3. The number of hydrogen-bond acceptors (Lipinski definition) is 5. The molecule has 0 aliphatic heterocycles. The predicted octanol–water partition coefficient (Wildman–Crippen LogP) is 2.67. The molecule has 1 aromatic carbocycles. The molecule has 0 radical (unpaired) electrons. The maximum Gasteiger partial charge on any atom is 0.161 e. The third kappa shape index (κ3) is 3.13. The van der Waals surface area contributed by atoms with E-state index in [1.807, 2.05) is 24.3 Å². The number of methoxy groups -OCH3 is 2. The lowest BCUT2D eigenvalue weighted by Crippen LogP contribution is -2.08. The molecule has 100 valence electrons. The van der Waals surface area contributed by atoms with Gasteiger partial charge in [-0.1, -0.05) is 6.07 Å². The highest BCUT2D eigenvalue weighted by molar-refractivity contribution is 5.45. The van der Waals surface area contributed by atoms with E-state index in [4.69, 9.17) is 9.47 Å². The fourth-order valence-corrected chi connectivity index (χ4v) is 1.80. The lowest BCUT2D eigenvalue weighted by molar-refractivity contribution is 0.354. The van der Waals surface area contributed by atoms with Crippen molar-refractivity contribution in [1.82, 2.24) is 9.97 Å². The molecule has 1 N–H and O–H groups in total. The van der Waals surface area contributed by atoms with Crippen molar-refractivity contribution in [2.75, 3.05) is 19.5 Å². The Bertz CT molecular complexity index is 531. The van der Waals surface area contributed by atoms with Crippen LogP contribution < -0.4 is 14.8 Å². The van der Waals surface area contributed by atoms with Crippen LogP contribution in [0, 0.1) is 0 Å². The number of anilines is 1. The Hall–Kier alpha value is -2.30. The standard InChI is InChI=1S/C14H17N3O2/c1-10(17-14-6-7-15-9-16-14)11-4-5-12(18-2)13(8-11)19-3/h4-10H,1-3H3,(H,15,16,17). The Morgan fingerprint density at radius 3 is 2.53 bits per heavy atom. The summed E-state index contributed by atoms with van der Waals surface area (Å²) in [6.07, 6.45) is 3.22. The molecule has 0 aliphatic rings. The van der Waals surface area contributed by atoms with Crippen LogP contribution in [0.1, 0.15) is 18.5 Å². The van der Waals surface area contributed by atoms with Crippen molar-refractivity contribution in [2.45, 2.75) is 13.0 Å². The van der Waals surface area contributed by atoms with Crippen molar-refractivity contribution in [1.29, 1.82) is 0 Å². The van der Waals surface area contributed by atoms with Crippen LogP contribution in [0.4, 0.5) is 5.82 Å². The summed E-state index contributed by atoms with van der Waals surface area (Å²) >= 11 is 0. The topological polar surface area (TPSA) is 56.3 Å². The van der Waals surface area contributed by atoms with Gasteiger partial charge in [0.1, 0.15) is 12.1 Å². The molecule has 2 rings (SSSR count). The third-order valence-electron chi connectivity index (χ3n) is 2.85. The van der Waals surface area contributed by atoms with Crippen molar-refractivity contribution in [3.05, 3.63) is 42.4 Å². The highest BCUT2D eigenvalue weighted by Gasteiger charge is 2.10. The lowest BCUT2D eigenvalue weighted by atomic mass is 10.1. The third-order valence-corrected chi connectivity index (χ3v) is 2.85. The summed E-state index contributed by atoms with van der Waals surface area (Å²) in [5, 5.41) is 3.30. The SMILES string of the molecule is COc1ccc(C(C)Nc2ccncn2)cc1OC. The average Bonchev–Trinajstić information content (AvgIpc) is 2.47. The molecular formula is C14H17N3O2. The number of ether oxygens (including phenoxy) is 2. The summed E-state index contributed by atoms with van der Waals surface area (Å²) in [5.41, 5.74) is 1.09. The second-order valence-electron chi connectivity index (χ2n) is 4.08. The monoisotopic (exact) mass is 259 g/mol. The largest absolute Gasteiger partial charge is 0.493 e. The van der Waals surface area contributed by atoms with Gasteiger partial charge in [-0.3, -0.25) is 0 Å². The van der Waals surface area contributed by atoms with Crippen LogP contribution in [0.25, 0.3) is 0 Å². The van der Waals surface area contributed by atoms with E-state index in [1.54, 1.807) is 20.4 Å². The molecule has 0 amide bonds. The molecule has 5 heteroatoms.